The zero-order chi connectivity index (χ0) is 52.5. The van der Waals surface area contributed by atoms with Gasteiger partial charge in [-0.25, -0.2) is 9.55 Å². The number of H-pyrrole nitrogens is 1. The summed E-state index contributed by atoms with van der Waals surface area (Å²) in [4.78, 5) is 121. The van der Waals surface area contributed by atoms with Gasteiger partial charge in [0, 0.05) is 63.0 Å². The van der Waals surface area contributed by atoms with Crippen LogP contribution in [0.4, 0.5) is 0 Å². The summed E-state index contributed by atoms with van der Waals surface area (Å²) in [6, 6.07) is 5.66. The van der Waals surface area contributed by atoms with Crippen LogP contribution in [0.1, 0.15) is 83.9 Å². The number of hydrogen-bond acceptors (Lipinski definition) is 16. The number of unbranched alkanes of at least 4 members (excludes halogenated alkanes) is 1. The second-order valence-electron chi connectivity index (χ2n) is 18.1. The van der Waals surface area contributed by atoms with E-state index in [-0.39, 0.29) is 88.7 Å². The molecule has 4 amide bonds. The van der Waals surface area contributed by atoms with Gasteiger partial charge in [0.2, 0.25) is 23.6 Å². The van der Waals surface area contributed by atoms with E-state index in [9.17, 15) is 53.0 Å². The number of ketones is 3. The number of aryl methyl sites for hydroxylation is 1. The van der Waals surface area contributed by atoms with Gasteiger partial charge in [-0.3, -0.25) is 38.1 Å². The van der Waals surface area contributed by atoms with E-state index < -0.39 is 105 Å². The van der Waals surface area contributed by atoms with Crippen molar-refractivity contribution in [3.63, 3.8) is 0 Å². The fourth-order valence-electron chi connectivity index (χ4n) is 7.98. The second-order valence-corrected chi connectivity index (χ2v) is 19.6. The number of aromatic nitrogens is 2. The Morgan fingerprint density at radius 3 is 2.24 bits per heavy atom. The highest BCUT2D eigenvalue weighted by molar-refractivity contribution is 7.80. The summed E-state index contributed by atoms with van der Waals surface area (Å²) >= 11 is 4.00. The Bertz CT molecular complexity index is 2030. The fourth-order valence-corrected chi connectivity index (χ4v) is 8.72. The average Bonchev–Trinajstić information content (AvgIpc) is 4.01. The van der Waals surface area contributed by atoms with Gasteiger partial charge in [-0.2, -0.15) is 12.6 Å². The second kappa shape index (κ2) is 31.9. The molecule has 0 aliphatic carbocycles. The molecule has 71 heavy (non-hydrogen) atoms. The van der Waals surface area contributed by atoms with Gasteiger partial charge >= 0.3 is 7.82 Å². The molecule has 1 aliphatic heterocycles. The van der Waals surface area contributed by atoms with E-state index >= 15 is 0 Å². The minimum Gasteiger partial charge on any atom is -0.394 e. The quantitative estimate of drug-likeness (QED) is 0.0261. The highest BCUT2D eigenvalue weighted by Crippen LogP contribution is 2.39. The molecule has 0 spiro atoms. The first-order valence-corrected chi connectivity index (χ1v) is 26.1. The number of benzene rings is 1. The summed E-state index contributed by atoms with van der Waals surface area (Å²) < 4.78 is 33.4. The normalized spacial score (nSPS) is 17.5. The molecule has 1 saturated heterocycles. The molecule has 1 aromatic carbocycles. The zero-order valence-corrected chi connectivity index (χ0v) is 42.9. The first-order chi connectivity index (χ1) is 33.7. The van der Waals surface area contributed by atoms with Crippen molar-refractivity contribution >= 4 is 61.4 Å². The van der Waals surface area contributed by atoms with E-state index in [0.29, 0.717) is 12.3 Å². The summed E-state index contributed by atoms with van der Waals surface area (Å²) in [7, 11) is -5.03. The van der Waals surface area contributed by atoms with Crippen LogP contribution in [-0.4, -0.2) is 166 Å². The molecule has 398 valence electrons. The fraction of sp³-hybridized carbons (Fsp3) is 0.660. The van der Waals surface area contributed by atoms with Gasteiger partial charge in [-0.1, -0.05) is 44.2 Å². The van der Waals surface area contributed by atoms with Crippen molar-refractivity contribution in [3.05, 3.63) is 54.1 Å². The monoisotopic (exact) mass is 1040 g/mol. The number of carbonyl (C=O) groups is 7. The van der Waals surface area contributed by atoms with E-state index in [1.54, 1.807) is 0 Å². The molecule has 9 N–H and O–H groups in total. The Morgan fingerprint density at radius 1 is 0.930 bits per heavy atom. The van der Waals surface area contributed by atoms with Crippen molar-refractivity contribution < 1.29 is 71.8 Å². The SMILES string of the molecule is CC(=O)[C@@H](CC(=O)[C@H](CO)NC(=O)[C@@H](CC(=O)[C@H](CC(C)C)NC(=O)[C@@H]1C[C@@H](OCCCCc2ccccc2)CN1C(=O)CCOCCOCCNC(=O)[C@@H](N)CS)Cc1cnc[nH]1)C(C)OP(=O)(O)O. The third-order valence-electron chi connectivity index (χ3n) is 11.8. The van der Waals surface area contributed by atoms with E-state index in [1.165, 1.54) is 29.9 Å². The molecule has 2 heterocycles. The molecule has 22 nitrogen and oxygen atoms in total. The number of rotatable bonds is 36. The molecule has 1 aromatic heterocycles. The lowest BCUT2D eigenvalue weighted by molar-refractivity contribution is -0.140. The number of nitrogens with one attached hydrogen (secondary N) is 4. The van der Waals surface area contributed by atoms with Gasteiger partial charge in [0.1, 0.15) is 17.9 Å². The first kappa shape index (κ1) is 60.9. The number of phosphoric ester groups is 1. The predicted octanol–water partition coefficient (Wildman–Crippen LogP) is 1.00. The van der Waals surface area contributed by atoms with Gasteiger partial charge in [0.05, 0.1) is 81.9 Å². The smallest absolute Gasteiger partial charge is 0.394 e. The Balaban J connectivity index is 1.72. The maximum absolute atomic E-state index is 14.3. The predicted molar refractivity (Wildman–Crippen MR) is 263 cm³/mol. The molecule has 0 saturated carbocycles. The van der Waals surface area contributed by atoms with E-state index in [0.717, 1.165) is 26.2 Å². The number of carbonyl (C=O) groups excluding carboxylic acids is 7. The van der Waals surface area contributed by atoms with Crippen LogP contribution in [0.25, 0.3) is 0 Å². The van der Waals surface area contributed by atoms with Gasteiger partial charge < -0.3 is 60.7 Å². The van der Waals surface area contributed by atoms with Crippen molar-refractivity contribution in [2.75, 3.05) is 58.5 Å². The molecule has 0 radical (unpaired) electrons. The van der Waals surface area contributed by atoms with Crippen LogP contribution < -0.4 is 21.7 Å². The Hall–Kier alpha value is -4.42. The van der Waals surface area contributed by atoms with Crippen LogP contribution in [0.2, 0.25) is 0 Å². The van der Waals surface area contributed by atoms with E-state index in [4.69, 9.17) is 19.9 Å². The average molecular weight is 1040 g/mol. The lowest BCUT2D eigenvalue weighted by Gasteiger charge is -2.28. The van der Waals surface area contributed by atoms with Crippen LogP contribution in [-0.2, 0) is 69.7 Å². The minimum absolute atomic E-state index is 0.0318. The number of aliphatic hydroxyl groups is 1. The lowest BCUT2D eigenvalue weighted by Crippen LogP contribution is -2.52. The number of Topliss-reactive ketones (excluding diaryl/α,β-unsaturated/α-hetero) is 3. The number of amides is 4. The van der Waals surface area contributed by atoms with Crippen LogP contribution in [0, 0.1) is 17.8 Å². The Morgan fingerprint density at radius 2 is 1.62 bits per heavy atom. The molecule has 1 fully saturated rings. The number of thiol groups is 1. The third-order valence-corrected chi connectivity index (χ3v) is 12.8. The number of hydrogen-bond donors (Lipinski definition) is 9. The summed E-state index contributed by atoms with van der Waals surface area (Å²) in [5.74, 6) is -6.42. The Labute approximate surface area is 420 Å². The molecule has 0 bridgehead atoms. The van der Waals surface area contributed by atoms with Gasteiger partial charge in [-0.15, -0.1) is 0 Å². The molecule has 2 aromatic rings. The first-order valence-electron chi connectivity index (χ1n) is 24.0. The molecule has 24 heteroatoms. The number of phosphoric acid groups is 1. The van der Waals surface area contributed by atoms with Crippen LogP contribution in [0.3, 0.4) is 0 Å². The van der Waals surface area contributed by atoms with Crippen LogP contribution in [0.5, 0.6) is 0 Å². The van der Waals surface area contributed by atoms with Gasteiger partial charge in [0.25, 0.3) is 0 Å². The van der Waals surface area contributed by atoms with Crippen molar-refractivity contribution in [2.24, 2.45) is 23.5 Å². The molecule has 8 atom stereocenters. The number of nitrogens with two attached hydrogens (primary N) is 1. The largest absolute Gasteiger partial charge is 0.469 e. The summed E-state index contributed by atoms with van der Waals surface area (Å²) in [5.41, 5.74) is 7.31. The van der Waals surface area contributed by atoms with Crippen molar-refractivity contribution in [1.29, 1.82) is 0 Å². The third kappa shape index (κ3) is 22.9. The summed E-state index contributed by atoms with van der Waals surface area (Å²) in [5, 5.41) is 18.2. The van der Waals surface area contributed by atoms with Crippen LogP contribution in [0.15, 0.2) is 42.9 Å². The Kier molecular flexibility index (Phi) is 27.4. The van der Waals surface area contributed by atoms with Gasteiger partial charge in [0.15, 0.2) is 11.6 Å². The van der Waals surface area contributed by atoms with Crippen molar-refractivity contribution in [3.8, 4) is 0 Å². The highest BCUT2D eigenvalue weighted by atomic mass is 32.1. The number of likely N-dealkylation sites (tertiary alicyclic amines) is 1. The number of aliphatic hydroxyl groups excluding tert-OH is 1. The number of aromatic amines is 1. The minimum atomic E-state index is -5.03. The number of nitrogens with zero attached hydrogens (tertiary/aromatic N) is 2. The van der Waals surface area contributed by atoms with E-state index in [1.807, 2.05) is 32.0 Å². The van der Waals surface area contributed by atoms with Crippen LogP contribution >= 0.6 is 20.5 Å². The topological polar surface area (TPSA) is 328 Å². The molecule has 1 aliphatic rings. The molecular weight excluding hydrogens is 966 g/mol. The van der Waals surface area contributed by atoms with Crippen molar-refractivity contribution in [1.82, 2.24) is 30.8 Å². The zero-order valence-electron chi connectivity index (χ0n) is 41.1. The lowest BCUT2D eigenvalue weighted by atomic mass is 9.89. The summed E-state index contributed by atoms with van der Waals surface area (Å²) in [6.45, 7) is 6.55. The van der Waals surface area contributed by atoms with Crippen molar-refractivity contribution in [2.45, 2.75) is 122 Å². The van der Waals surface area contributed by atoms with E-state index in [2.05, 4.69) is 55.2 Å². The molecule has 1 unspecified atom stereocenters. The summed E-state index contributed by atoms with van der Waals surface area (Å²) in [6.07, 6.45) is 2.61. The maximum Gasteiger partial charge on any atom is 0.469 e. The maximum atomic E-state index is 14.3. The standard InChI is InChI=1S/C47H74N7O15PS/c1-30(2)20-39(42(57)22-34(21-35-25-49-29-51-35)45(60)53-40(27-55)43(58)24-37(31(3)56)32(4)69-70(63,64)65)52-47(62)41-23-36(68-15-9-8-12-33-10-6-5-7-11-33)26-54(41)44(59)13-16-66-18-19-67-17-14-50-46(61)38(48)28-71/h5-7,10-11,25,29-30,32,34,36-41,55,71H,8-9,12-24,26-28,48H2,1-4H3,(H,49,51)(H,50,61)(H,52,62)(H,53,60)(H2,63,64,65)/t32?,34-,36-,37-,38+,39+,40+,41+/m1/s1. The number of imidazole rings is 1. The molecular formula is C47H74N7O15PS. The molecule has 3 rings (SSSR count). The number of ether oxygens (including phenoxy) is 3. The highest BCUT2D eigenvalue weighted by Gasteiger charge is 2.42. The van der Waals surface area contributed by atoms with Gasteiger partial charge in [-0.05, 0) is 51.0 Å².